The van der Waals surface area contributed by atoms with Crippen LogP contribution in [0.1, 0.15) is 45.1 Å². The number of hydrogen-bond donors (Lipinski definition) is 2. The van der Waals surface area contributed by atoms with Crippen LogP contribution in [-0.4, -0.2) is 69.0 Å². The highest BCUT2D eigenvalue weighted by Gasteiger charge is 2.40. The minimum atomic E-state index is -4.79. The maximum Gasteiger partial charge on any atom is 0.404 e. The highest BCUT2D eigenvalue weighted by Crippen LogP contribution is 2.39. The van der Waals surface area contributed by atoms with E-state index >= 15 is 0 Å². The molecule has 0 spiro atoms. The number of pyridine rings is 1. The second-order valence-electron chi connectivity index (χ2n) is 8.97. The summed E-state index contributed by atoms with van der Waals surface area (Å²) in [5, 5.41) is 14.5. The molecule has 1 saturated carbocycles. The molecule has 2 atom stereocenters. The van der Waals surface area contributed by atoms with Crippen LogP contribution in [0.3, 0.4) is 0 Å². The fourth-order valence-corrected chi connectivity index (χ4v) is 6.07. The zero-order valence-corrected chi connectivity index (χ0v) is 18.9. The van der Waals surface area contributed by atoms with Crippen LogP contribution in [0, 0.1) is 0 Å². The number of nitrogens with one attached hydrogen (secondary N) is 1. The van der Waals surface area contributed by atoms with Gasteiger partial charge in [-0.05, 0) is 45.1 Å². The molecule has 33 heavy (non-hydrogen) atoms. The average Bonchev–Trinajstić information content (AvgIpc) is 3.05. The number of aliphatic hydroxyl groups is 1. The fraction of sp³-hybridized carbons (Fsp3) is 0.650. The smallest absolute Gasteiger partial charge is 0.388 e. The van der Waals surface area contributed by atoms with Crippen molar-refractivity contribution < 1.29 is 26.7 Å². The van der Waals surface area contributed by atoms with Crippen molar-refractivity contribution in [2.24, 2.45) is 0 Å². The quantitative estimate of drug-likeness (QED) is 0.660. The van der Waals surface area contributed by atoms with Crippen LogP contribution in [0.4, 0.5) is 19.1 Å². The number of sulfonamides is 1. The Morgan fingerprint density at radius 2 is 1.94 bits per heavy atom. The Morgan fingerprint density at radius 1 is 1.24 bits per heavy atom. The number of alkyl halides is 3. The fourth-order valence-electron chi connectivity index (χ4n) is 4.71. The Balaban J connectivity index is 1.52. The van der Waals surface area contributed by atoms with E-state index in [0.717, 1.165) is 10.7 Å². The minimum Gasteiger partial charge on any atom is -0.388 e. The molecule has 1 aliphatic carbocycles. The number of rotatable bonds is 5. The van der Waals surface area contributed by atoms with Crippen molar-refractivity contribution in [1.29, 1.82) is 0 Å². The SMILES string of the molecule is C[C@]1(O)CCC[C@@H]1n1c(=O)ccc2cnc(NC3CCN(S(=O)(=O)CC(F)(F)F)CC3)nc21. The van der Waals surface area contributed by atoms with Crippen molar-refractivity contribution in [3.63, 3.8) is 0 Å². The molecule has 2 aromatic rings. The summed E-state index contributed by atoms with van der Waals surface area (Å²) in [6.07, 6.45) is -0.642. The Labute approximate surface area is 188 Å². The molecule has 2 fully saturated rings. The van der Waals surface area contributed by atoms with Gasteiger partial charge in [0.15, 0.2) is 5.75 Å². The van der Waals surface area contributed by atoms with Gasteiger partial charge in [0.05, 0.1) is 11.6 Å². The second-order valence-corrected chi connectivity index (χ2v) is 10.9. The highest BCUT2D eigenvalue weighted by molar-refractivity contribution is 7.89. The first-order valence-corrected chi connectivity index (χ1v) is 12.4. The zero-order chi connectivity index (χ0) is 24.0. The average molecular weight is 490 g/mol. The van der Waals surface area contributed by atoms with E-state index in [-0.39, 0.29) is 43.5 Å². The van der Waals surface area contributed by atoms with E-state index in [0.29, 0.717) is 23.9 Å². The van der Waals surface area contributed by atoms with E-state index in [9.17, 15) is 31.5 Å². The lowest BCUT2D eigenvalue weighted by molar-refractivity contribution is -0.107. The Bertz CT molecular complexity index is 1190. The van der Waals surface area contributed by atoms with Gasteiger partial charge < -0.3 is 10.4 Å². The van der Waals surface area contributed by atoms with Crippen molar-refractivity contribution in [2.75, 3.05) is 24.2 Å². The number of halogens is 3. The molecular weight excluding hydrogens is 463 g/mol. The lowest BCUT2D eigenvalue weighted by atomic mass is 10.00. The number of fused-ring (bicyclic) bond motifs is 1. The predicted octanol–water partition coefficient (Wildman–Crippen LogP) is 2.04. The van der Waals surface area contributed by atoms with Crippen LogP contribution < -0.4 is 10.9 Å². The summed E-state index contributed by atoms with van der Waals surface area (Å²) in [6, 6.07) is 2.38. The standard InChI is InChI=1S/C20H26F3N5O4S/c1-19(30)8-2-3-15(19)28-16(29)5-4-13-11-24-18(26-17(13)28)25-14-6-9-27(10-7-14)33(31,32)12-20(21,22)23/h4-5,11,14-15,30H,2-3,6-10,12H2,1H3,(H,24,25,26)/t15-,19-/m0/s1. The first-order chi connectivity index (χ1) is 15.4. The number of piperidine rings is 1. The Morgan fingerprint density at radius 3 is 2.55 bits per heavy atom. The van der Waals surface area contributed by atoms with Crippen LogP contribution >= 0.6 is 0 Å². The Hall–Kier alpha value is -2.25. The normalized spacial score (nSPS) is 25.5. The largest absolute Gasteiger partial charge is 0.404 e. The second kappa shape index (κ2) is 8.51. The molecule has 2 N–H and O–H groups in total. The third kappa shape index (κ3) is 5.14. The lowest BCUT2D eigenvalue weighted by Gasteiger charge is -2.32. The van der Waals surface area contributed by atoms with E-state index < -0.39 is 33.6 Å². The van der Waals surface area contributed by atoms with Gasteiger partial charge in [-0.1, -0.05) is 0 Å². The van der Waals surface area contributed by atoms with Gasteiger partial charge in [-0.2, -0.15) is 18.2 Å². The number of anilines is 1. The van der Waals surface area contributed by atoms with Gasteiger partial charge in [0.2, 0.25) is 16.0 Å². The van der Waals surface area contributed by atoms with E-state index in [4.69, 9.17) is 0 Å². The summed E-state index contributed by atoms with van der Waals surface area (Å²) in [5.74, 6) is -1.63. The van der Waals surface area contributed by atoms with Crippen LogP contribution in [0.5, 0.6) is 0 Å². The van der Waals surface area contributed by atoms with Crippen molar-refractivity contribution in [2.45, 2.75) is 62.9 Å². The van der Waals surface area contributed by atoms with Crippen LogP contribution in [0.2, 0.25) is 0 Å². The molecule has 13 heteroatoms. The topological polar surface area (TPSA) is 117 Å². The summed E-state index contributed by atoms with van der Waals surface area (Å²) < 4.78 is 63.9. The molecule has 2 aliphatic rings. The molecule has 0 aromatic carbocycles. The molecule has 182 valence electrons. The maximum absolute atomic E-state index is 12.7. The first-order valence-electron chi connectivity index (χ1n) is 10.8. The molecule has 4 rings (SSSR count). The van der Waals surface area contributed by atoms with Crippen molar-refractivity contribution in [3.8, 4) is 0 Å². The molecular formula is C20H26F3N5O4S. The van der Waals surface area contributed by atoms with Gasteiger partial charge in [0, 0.05) is 36.8 Å². The van der Waals surface area contributed by atoms with Crippen molar-refractivity contribution in [1.82, 2.24) is 18.8 Å². The molecule has 1 saturated heterocycles. The van der Waals surface area contributed by atoms with Crippen LogP contribution in [-0.2, 0) is 10.0 Å². The van der Waals surface area contributed by atoms with E-state index in [1.54, 1.807) is 19.2 Å². The summed E-state index contributed by atoms with van der Waals surface area (Å²) in [6.45, 7) is 1.62. The molecule has 2 aromatic heterocycles. The van der Waals surface area contributed by atoms with Crippen molar-refractivity contribution >= 4 is 27.0 Å². The van der Waals surface area contributed by atoms with Gasteiger partial charge in [-0.3, -0.25) is 9.36 Å². The van der Waals surface area contributed by atoms with E-state index in [1.807, 2.05) is 0 Å². The summed E-state index contributed by atoms with van der Waals surface area (Å²) >= 11 is 0. The highest BCUT2D eigenvalue weighted by atomic mass is 32.2. The summed E-state index contributed by atoms with van der Waals surface area (Å²) in [7, 11) is -4.41. The van der Waals surface area contributed by atoms with Crippen LogP contribution in [0.25, 0.3) is 11.0 Å². The lowest BCUT2D eigenvalue weighted by Crippen LogP contribution is -2.45. The summed E-state index contributed by atoms with van der Waals surface area (Å²) in [5.41, 5.74) is -0.925. The third-order valence-corrected chi connectivity index (χ3v) is 8.23. The van der Waals surface area contributed by atoms with Crippen molar-refractivity contribution in [3.05, 3.63) is 28.7 Å². The molecule has 0 bridgehead atoms. The minimum absolute atomic E-state index is 0.0424. The van der Waals surface area contributed by atoms with Gasteiger partial charge in [0.25, 0.3) is 5.56 Å². The van der Waals surface area contributed by atoms with Gasteiger partial charge in [-0.15, -0.1) is 0 Å². The molecule has 1 aliphatic heterocycles. The number of aromatic nitrogens is 3. The molecule has 9 nitrogen and oxygen atoms in total. The zero-order valence-electron chi connectivity index (χ0n) is 18.0. The number of nitrogens with zero attached hydrogens (tertiary/aromatic N) is 4. The summed E-state index contributed by atoms with van der Waals surface area (Å²) in [4.78, 5) is 21.4. The van der Waals surface area contributed by atoms with E-state index in [2.05, 4.69) is 15.3 Å². The molecule has 0 unspecified atom stereocenters. The Kier molecular flexibility index (Phi) is 6.16. The van der Waals surface area contributed by atoms with Gasteiger partial charge >= 0.3 is 6.18 Å². The predicted molar refractivity (Wildman–Crippen MR) is 115 cm³/mol. The first kappa shape index (κ1) is 23.9. The third-order valence-electron chi connectivity index (χ3n) is 6.38. The van der Waals surface area contributed by atoms with E-state index in [1.165, 1.54) is 10.6 Å². The molecule has 3 heterocycles. The van der Waals surface area contributed by atoms with Gasteiger partial charge in [-0.25, -0.2) is 17.7 Å². The number of hydrogen-bond acceptors (Lipinski definition) is 7. The molecule has 0 amide bonds. The molecule has 0 radical (unpaired) electrons. The van der Waals surface area contributed by atoms with Gasteiger partial charge in [0.1, 0.15) is 5.65 Å². The van der Waals surface area contributed by atoms with Crippen LogP contribution in [0.15, 0.2) is 23.1 Å². The maximum atomic E-state index is 12.7. The monoisotopic (exact) mass is 489 g/mol.